The Bertz CT molecular complexity index is 1010. The van der Waals surface area contributed by atoms with E-state index in [1.807, 2.05) is 30.3 Å². The van der Waals surface area contributed by atoms with Crippen molar-refractivity contribution in [2.45, 2.75) is 142 Å². The number of hydrogen-bond acceptors (Lipinski definition) is 3. The summed E-state index contributed by atoms with van der Waals surface area (Å²) >= 11 is 0. The Kier molecular flexibility index (Phi) is 17.3. The molecule has 2 aromatic rings. The van der Waals surface area contributed by atoms with Crippen molar-refractivity contribution in [3.05, 3.63) is 48.0 Å². The number of rotatable bonds is 23. The van der Waals surface area contributed by atoms with Crippen LogP contribution in [-0.2, 0) is 0 Å². The molecule has 0 aromatic heterocycles. The van der Waals surface area contributed by atoms with Gasteiger partial charge in [-0.25, -0.2) is 4.79 Å². The van der Waals surface area contributed by atoms with E-state index < -0.39 is 5.97 Å². The Labute approximate surface area is 263 Å². The number of hydrogen-bond donors (Lipinski definition) is 1. The first-order chi connectivity index (χ1) is 21.1. The summed E-state index contributed by atoms with van der Waals surface area (Å²) < 4.78 is 12.1. The van der Waals surface area contributed by atoms with Crippen molar-refractivity contribution >= 4 is 5.97 Å². The maximum Gasteiger partial charge on any atom is 0.336 e. The molecule has 43 heavy (non-hydrogen) atoms. The summed E-state index contributed by atoms with van der Waals surface area (Å²) in [5.74, 6) is 2.47. The molecule has 1 N–H and O–H groups in total. The number of ether oxygens (including phenoxy) is 2. The van der Waals surface area contributed by atoms with Crippen LogP contribution >= 0.6 is 0 Å². The van der Waals surface area contributed by atoms with Crippen LogP contribution in [0.15, 0.2) is 42.5 Å². The molecule has 0 saturated heterocycles. The summed E-state index contributed by atoms with van der Waals surface area (Å²) in [5.41, 5.74) is 1.84. The highest BCUT2D eigenvalue weighted by atomic mass is 16.5. The molecular weight excluding hydrogens is 532 g/mol. The van der Waals surface area contributed by atoms with E-state index in [9.17, 15) is 9.90 Å². The average Bonchev–Trinajstić information content (AvgIpc) is 3.03. The van der Waals surface area contributed by atoms with Crippen molar-refractivity contribution in [2.24, 2.45) is 11.8 Å². The molecule has 0 heterocycles. The van der Waals surface area contributed by atoms with Crippen molar-refractivity contribution in [1.29, 1.82) is 0 Å². The predicted molar refractivity (Wildman–Crippen MR) is 180 cm³/mol. The van der Waals surface area contributed by atoms with Gasteiger partial charge < -0.3 is 14.6 Å². The standard InChI is InChI=1S/C39H60O4/c1-3-5-7-9-10-11-13-15-29-43-36-27-28-37(39(40)41)38(31-36)34-23-25-35(26-24-34)42-30-16-18-33-21-19-32(20-22-33)17-14-12-8-6-4-2/h23-28,31-33H,3-22,29-30H2,1-2H3,(H,40,41). The lowest BCUT2D eigenvalue weighted by Gasteiger charge is -2.28. The highest BCUT2D eigenvalue weighted by Crippen LogP contribution is 2.34. The van der Waals surface area contributed by atoms with Gasteiger partial charge in [0, 0.05) is 0 Å². The van der Waals surface area contributed by atoms with Crippen LogP contribution in [-0.4, -0.2) is 24.3 Å². The Hall–Kier alpha value is -2.49. The molecule has 4 heteroatoms. The van der Waals surface area contributed by atoms with E-state index in [2.05, 4.69) is 13.8 Å². The van der Waals surface area contributed by atoms with Crippen LogP contribution in [0.2, 0.25) is 0 Å². The molecule has 0 aliphatic heterocycles. The van der Waals surface area contributed by atoms with Crippen LogP contribution in [0.4, 0.5) is 0 Å². The second kappa shape index (κ2) is 21.3. The van der Waals surface area contributed by atoms with Gasteiger partial charge in [-0.3, -0.25) is 0 Å². The lowest BCUT2D eigenvalue weighted by atomic mass is 9.78. The molecule has 0 unspecified atom stereocenters. The number of benzene rings is 2. The second-order valence-electron chi connectivity index (χ2n) is 12.9. The summed E-state index contributed by atoms with van der Waals surface area (Å²) in [6, 6.07) is 13.1. The quantitative estimate of drug-likeness (QED) is 0.130. The van der Waals surface area contributed by atoms with Crippen molar-refractivity contribution in [3.63, 3.8) is 0 Å². The maximum atomic E-state index is 11.9. The number of carboxylic acids is 1. The molecule has 1 aliphatic rings. The highest BCUT2D eigenvalue weighted by Gasteiger charge is 2.20. The third-order valence-corrected chi connectivity index (χ3v) is 9.36. The minimum Gasteiger partial charge on any atom is -0.494 e. The van der Waals surface area contributed by atoms with E-state index in [1.54, 1.807) is 12.1 Å². The number of unbranched alkanes of at least 4 members (excludes halogenated alkanes) is 11. The minimum atomic E-state index is -0.925. The van der Waals surface area contributed by atoms with Gasteiger partial charge in [-0.15, -0.1) is 0 Å². The van der Waals surface area contributed by atoms with Crippen LogP contribution < -0.4 is 9.47 Å². The molecule has 1 fully saturated rings. The van der Waals surface area contributed by atoms with Gasteiger partial charge in [-0.2, -0.15) is 0 Å². The third-order valence-electron chi connectivity index (χ3n) is 9.36. The highest BCUT2D eigenvalue weighted by molar-refractivity contribution is 5.96. The van der Waals surface area contributed by atoms with E-state index >= 15 is 0 Å². The summed E-state index contributed by atoms with van der Waals surface area (Å²) in [4.78, 5) is 11.9. The van der Waals surface area contributed by atoms with Gasteiger partial charge in [0.1, 0.15) is 11.5 Å². The lowest BCUT2D eigenvalue weighted by molar-refractivity contribution is 0.0697. The monoisotopic (exact) mass is 592 g/mol. The molecule has 0 spiro atoms. The fourth-order valence-corrected chi connectivity index (χ4v) is 6.60. The van der Waals surface area contributed by atoms with Crippen LogP contribution in [0.3, 0.4) is 0 Å². The fourth-order valence-electron chi connectivity index (χ4n) is 6.60. The molecule has 0 radical (unpaired) electrons. The lowest BCUT2D eigenvalue weighted by Crippen LogP contribution is -2.15. The van der Waals surface area contributed by atoms with E-state index in [4.69, 9.17) is 9.47 Å². The Morgan fingerprint density at radius 3 is 1.72 bits per heavy atom. The average molecular weight is 593 g/mol. The fraction of sp³-hybridized carbons (Fsp3) is 0.667. The van der Waals surface area contributed by atoms with Gasteiger partial charge in [0.15, 0.2) is 0 Å². The van der Waals surface area contributed by atoms with E-state index in [1.165, 1.54) is 116 Å². The first kappa shape index (κ1) is 35.0. The molecule has 4 nitrogen and oxygen atoms in total. The summed E-state index contributed by atoms with van der Waals surface area (Å²) in [6.07, 6.45) is 26.5. The molecule has 240 valence electrons. The van der Waals surface area contributed by atoms with Crippen LogP contribution in [0.25, 0.3) is 11.1 Å². The molecule has 3 rings (SSSR count). The van der Waals surface area contributed by atoms with Crippen LogP contribution in [0.1, 0.15) is 153 Å². The van der Waals surface area contributed by atoms with Gasteiger partial charge in [0.25, 0.3) is 0 Å². The number of carboxylic acid groups (broad SMARTS) is 1. The first-order valence-corrected chi connectivity index (χ1v) is 17.8. The molecule has 0 atom stereocenters. The largest absolute Gasteiger partial charge is 0.494 e. The number of carbonyl (C=O) groups is 1. The number of aromatic carboxylic acids is 1. The molecule has 1 saturated carbocycles. The zero-order valence-electron chi connectivity index (χ0n) is 27.4. The summed E-state index contributed by atoms with van der Waals surface area (Å²) in [6.45, 7) is 5.93. The first-order valence-electron chi connectivity index (χ1n) is 17.8. The van der Waals surface area contributed by atoms with Gasteiger partial charge in [-0.1, -0.05) is 135 Å². The summed E-state index contributed by atoms with van der Waals surface area (Å²) in [5, 5.41) is 9.79. The second-order valence-corrected chi connectivity index (χ2v) is 12.9. The topological polar surface area (TPSA) is 55.8 Å². The van der Waals surface area contributed by atoms with E-state index in [-0.39, 0.29) is 0 Å². The Balaban J connectivity index is 1.37. The SMILES string of the molecule is CCCCCCCCCCOc1ccc(C(=O)O)c(-c2ccc(OCCCC3CCC(CCCCCCC)CC3)cc2)c1. The van der Waals surface area contributed by atoms with Crippen LogP contribution in [0.5, 0.6) is 11.5 Å². The molecule has 2 aromatic carbocycles. The Morgan fingerprint density at radius 2 is 1.12 bits per heavy atom. The van der Waals surface area contributed by atoms with Gasteiger partial charge in [-0.05, 0) is 72.6 Å². The zero-order valence-corrected chi connectivity index (χ0v) is 27.4. The summed E-state index contributed by atoms with van der Waals surface area (Å²) in [7, 11) is 0. The van der Waals surface area contributed by atoms with Gasteiger partial charge in [0.2, 0.25) is 0 Å². The molecule has 0 bridgehead atoms. The molecular formula is C39H60O4. The zero-order chi connectivity index (χ0) is 30.5. The predicted octanol–water partition coefficient (Wildman–Crippen LogP) is 11.9. The van der Waals surface area contributed by atoms with Crippen molar-refractivity contribution < 1.29 is 19.4 Å². The van der Waals surface area contributed by atoms with Crippen molar-refractivity contribution in [2.75, 3.05) is 13.2 Å². The van der Waals surface area contributed by atoms with E-state index in [0.717, 1.165) is 48.3 Å². The molecule has 1 aliphatic carbocycles. The molecule has 0 amide bonds. The normalized spacial score (nSPS) is 16.7. The van der Waals surface area contributed by atoms with Gasteiger partial charge >= 0.3 is 5.97 Å². The van der Waals surface area contributed by atoms with E-state index in [0.29, 0.717) is 17.7 Å². The van der Waals surface area contributed by atoms with Crippen molar-refractivity contribution in [3.8, 4) is 22.6 Å². The third kappa shape index (κ3) is 13.8. The minimum absolute atomic E-state index is 0.291. The Morgan fingerprint density at radius 1 is 0.628 bits per heavy atom. The van der Waals surface area contributed by atoms with Crippen molar-refractivity contribution in [1.82, 2.24) is 0 Å². The smallest absolute Gasteiger partial charge is 0.336 e. The van der Waals surface area contributed by atoms with Crippen LogP contribution in [0, 0.1) is 11.8 Å². The van der Waals surface area contributed by atoms with Gasteiger partial charge in [0.05, 0.1) is 18.8 Å². The maximum absolute atomic E-state index is 11.9.